The summed E-state index contributed by atoms with van der Waals surface area (Å²) in [7, 11) is 0. The molecule has 0 spiro atoms. The maximum atomic E-state index is 13.9. The van der Waals surface area contributed by atoms with Gasteiger partial charge in [0.1, 0.15) is 24.8 Å². The van der Waals surface area contributed by atoms with Gasteiger partial charge in [-0.3, -0.25) is 24.6 Å². The van der Waals surface area contributed by atoms with Crippen LogP contribution in [-0.4, -0.2) is 91.7 Å². The van der Waals surface area contributed by atoms with Crippen LogP contribution in [0.25, 0.3) is 0 Å². The van der Waals surface area contributed by atoms with E-state index in [1.165, 1.54) is 16.7 Å². The molecule has 2 atom stereocenters. The predicted molar refractivity (Wildman–Crippen MR) is 184 cm³/mol. The Morgan fingerprint density at radius 1 is 1.00 bits per heavy atom. The summed E-state index contributed by atoms with van der Waals surface area (Å²) in [6.45, 7) is 9.10. The normalized spacial score (nSPS) is 17.7. The van der Waals surface area contributed by atoms with E-state index >= 15 is 0 Å². The number of benzene rings is 2. The Morgan fingerprint density at radius 3 is 2.42 bits per heavy atom. The number of hydrogen-bond donors (Lipinski definition) is 1. The lowest BCUT2D eigenvalue weighted by Crippen LogP contribution is -2.55. The van der Waals surface area contributed by atoms with Gasteiger partial charge in [0, 0.05) is 30.3 Å². The molecule has 0 aliphatic carbocycles. The molecule has 48 heavy (non-hydrogen) atoms. The van der Waals surface area contributed by atoms with Crippen molar-refractivity contribution < 1.29 is 38.1 Å². The Labute approximate surface area is 288 Å². The van der Waals surface area contributed by atoms with Gasteiger partial charge in [0.25, 0.3) is 0 Å². The van der Waals surface area contributed by atoms with Crippen LogP contribution in [0, 0.1) is 5.92 Å². The van der Waals surface area contributed by atoms with Crippen molar-refractivity contribution >= 4 is 41.4 Å². The highest BCUT2D eigenvalue weighted by atomic mass is 32.2. The molecule has 0 unspecified atom stereocenters. The molecule has 1 N–H and O–H groups in total. The number of carbonyl (C=O) groups excluding carboxylic acids is 4. The van der Waals surface area contributed by atoms with Crippen molar-refractivity contribution in [2.24, 2.45) is 5.92 Å². The fourth-order valence-electron chi connectivity index (χ4n) is 5.70. The number of hydrogen-bond acceptors (Lipinski definition) is 10. The molecular formula is C36H49N3O8S. The Hall–Kier alpha value is -3.61. The summed E-state index contributed by atoms with van der Waals surface area (Å²) in [5, 5.41) is 3.18. The zero-order valence-electron chi connectivity index (χ0n) is 28.5. The fraction of sp³-hybridized carbons (Fsp3) is 0.556. The topological polar surface area (TPSA) is 124 Å². The number of piperidine rings is 1. The molecule has 0 saturated carbocycles. The lowest BCUT2D eigenvalue weighted by atomic mass is 9.92. The van der Waals surface area contributed by atoms with Crippen molar-refractivity contribution in [1.82, 2.24) is 10.2 Å². The standard InChI is InChI=1S/C36H49N3O8S/c1-5-45-34(42)28(24-44-21-11-14-26-17-19-38(20-18-26)35(43)46-23-27-12-7-6-8-13-27)37-29-25-48-31-16-10-9-15-30(31)39(33(29)41)22-32(40)47-36(2,3)4/h6-10,12-13,15-16,26,28-29,37H,5,11,14,17-25H2,1-4H3/t28-,29-/m0/s1. The minimum Gasteiger partial charge on any atom is -0.465 e. The molecule has 2 aliphatic heterocycles. The SMILES string of the molecule is CCOC(=O)[C@H](COCCCC1CCN(C(=O)OCc2ccccc2)CC1)N[C@H]1CSc2ccccc2N(CC(=O)OC(C)(C)C)C1=O. The number of nitrogens with one attached hydrogen (secondary N) is 1. The lowest BCUT2D eigenvalue weighted by Gasteiger charge is -2.31. The minimum atomic E-state index is -0.866. The van der Waals surface area contributed by atoms with Gasteiger partial charge < -0.3 is 23.8 Å². The number of esters is 2. The molecule has 2 aromatic rings. The van der Waals surface area contributed by atoms with E-state index in [0.717, 1.165) is 36.1 Å². The Morgan fingerprint density at radius 2 is 1.71 bits per heavy atom. The molecule has 11 nitrogen and oxygen atoms in total. The third kappa shape index (κ3) is 11.5. The van der Waals surface area contributed by atoms with E-state index in [4.69, 9.17) is 18.9 Å². The first kappa shape index (κ1) is 37.2. The highest BCUT2D eigenvalue weighted by molar-refractivity contribution is 7.99. The molecule has 4 rings (SSSR count). The maximum absolute atomic E-state index is 13.9. The molecule has 0 radical (unpaired) electrons. The smallest absolute Gasteiger partial charge is 0.410 e. The third-order valence-corrected chi connectivity index (χ3v) is 9.23. The van der Waals surface area contributed by atoms with E-state index in [1.54, 1.807) is 38.7 Å². The summed E-state index contributed by atoms with van der Waals surface area (Å²) < 4.78 is 22.3. The summed E-state index contributed by atoms with van der Waals surface area (Å²) in [5.74, 6) is -0.515. The van der Waals surface area contributed by atoms with Gasteiger partial charge in [-0.25, -0.2) is 4.79 Å². The number of carbonyl (C=O) groups is 4. The molecule has 1 fully saturated rings. The van der Waals surface area contributed by atoms with Gasteiger partial charge in [-0.1, -0.05) is 42.5 Å². The number of rotatable bonds is 14. The summed E-state index contributed by atoms with van der Waals surface area (Å²) in [6, 6.07) is 15.4. The van der Waals surface area contributed by atoms with Crippen LogP contribution in [0.5, 0.6) is 0 Å². The molecule has 2 amide bonds. The quantitative estimate of drug-likeness (QED) is 0.161. The molecule has 2 heterocycles. The van der Waals surface area contributed by atoms with Crippen LogP contribution in [0.1, 0.15) is 58.9 Å². The van der Waals surface area contributed by atoms with Crippen LogP contribution in [0.4, 0.5) is 10.5 Å². The molecule has 12 heteroatoms. The van der Waals surface area contributed by atoms with Crippen molar-refractivity contribution in [3.63, 3.8) is 0 Å². The van der Waals surface area contributed by atoms with Gasteiger partial charge >= 0.3 is 18.0 Å². The van der Waals surface area contributed by atoms with Gasteiger partial charge in [0.15, 0.2) is 0 Å². The first-order valence-electron chi connectivity index (χ1n) is 16.7. The van der Waals surface area contributed by atoms with Crippen LogP contribution < -0.4 is 10.2 Å². The monoisotopic (exact) mass is 683 g/mol. The average molecular weight is 684 g/mol. The number of likely N-dealkylation sites (tertiary alicyclic amines) is 1. The molecule has 262 valence electrons. The van der Waals surface area contributed by atoms with Crippen molar-refractivity contribution in [2.75, 3.05) is 50.1 Å². The second kappa shape index (κ2) is 18.2. The predicted octanol–water partition coefficient (Wildman–Crippen LogP) is 5.20. The van der Waals surface area contributed by atoms with E-state index in [2.05, 4.69) is 5.32 Å². The molecule has 2 aromatic carbocycles. The van der Waals surface area contributed by atoms with Crippen LogP contribution in [-0.2, 0) is 39.9 Å². The van der Waals surface area contributed by atoms with Crippen LogP contribution in [0.15, 0.2) is 59.5 Å². The van der Waals surface area contributed by atoms with E-state index in [0.29, 0.717) is 37.1 Å². The van der Waals surface area contributed by atoms with Gasteiger partial charge in [0.2, 0.25) is 5.91 Å². The molecule has 1 saturated heterocycles. The Kier molecular flexibility index (Phi) is 14.1. The first-order chi connectivity index (χ1) is 23.0. The zero-order valence-corrected chi connectivity index (χ0v) is 29.3. The van der Waals surface area contributed by atoms with E-state index in [-0.39, 0.29) is 38.4 Å². The number of fused-ring (bicyclic) bond motifs is 1. The van der Waals surface area contributed by atoms with E-state index in [9.17, 15) is 19.2 Å². The highest BCUT2D eigenvalue weighted by Crippen LogP contribution is 2.34. The summed E-state index contributed by atoms with van der Waals surface area (Å²) in [6.07, 6.45) is 3.27. The van der Waals surface area contributed by atoms with Crippen molar-refractivity contribution in [3.8, 4) is 0 Å². The first-order valence-corrected chi connectivity index (χ1v) is 17.7. The second-order valence-electron chi connectivity index (χ2n) is 13.0. The highest BCUT2D eigenvalue weighted by Gasteiger charge is 2.36. The minimum absolute atomic E-state index is 0.0397. The van der Waals surface area contributed by atoms with Crippen molar-refractivity contribution in [3.05, 3.63) is 60.2 Å². The van der Waals surface area contributed by atoms with Crippen LogP contribution >= 0.6 is 11.8 Å². The average Bonchev–Trinajstić information content (AvgIpc) is 3.19. The number of anilines is 1. The fourth-order valence-corrected chi connectivity index (χ4v) is 6.78. The third-order valence-electron chi connectivity index (χ3n) is 8.07. The molecular weight excluding hydrogens is 634 g/mol. The Balaban J connectivity index is 1.25. The zero-order chi connectivity index (χ0) is 34.5. The van der Waals surface area contributed by atoms with Gasteiger partial charge in [-0.05, 0) is 77.0 Å². The number of nitrogens with zero attached hydrogens (tertiary/aromatic N) is 2. The second-order valence-corrected chi connectivity index (χ2v) is 14.1. The maximum Gasteiger partial charge on any atom is 0.410 e. The number of thioether (sulfide) groups is 1. The molecule has 2 aliphatic rings. The number of amides is 2. The van der Waals surface area contributed by atoms with E-state index in [1.807, 2.05) is 48.5 Å². The molecule has 0 bridgehead atoms. The number of ether oxygens (including phenoxy) is 4. The van der Waals surface area contributed by atoms with E-state index < -0.39 is 29.6 Å². The molecule has 0 aromatic heterocycles. The van der Waals surface area contributed by atoms with Gasteiger partial charge in [0.05, 0.1) is 24.9 Å². The number of para-hydroxylation sites is 1. The Bertz CT molecular complexity index is 1360. The van der Waals surface area contributed by atoms with Crippen LogP contribution in [0.3, 0.4) is 0 Å². The summed E-state index contributed by atoms with van der Waals surface area (Å²) in [4.78, 5) is 56.2. The lowest BCUT2D eigenvalue weighted by molar-refractivity contribution is -0.154. The van der Waals surface area contributed by atoms with Gasteiger partial charge in [-0.15, -0.1) is 11.8 Å². The largest absolute Gasteiger partial charge is 0.465 e. The van der Waals surface area contributed by atoms with Crippen LogP contribution in [0.2, 0.25) is 0 Å². The van der Waals surface area contributed by atoms with Crippen molar-refractivity contribution in [1.29, 1.82) is 0 Å². The van der Waals surface area contributed by atoms with Crippen molar-refractivity contribution in [2.45, 2.75) is 82.6 Å². The van der Waals surface area contributed by atoms with Gasteiger partial charge in [-0.2, -0.15) is 0 Å². The summed E-state index contributed by atoms with van der Waals surface area (Å²) >= 11 is 1.48. The summed E-state index contributed by atoms with van der Waals surface area (Å²) in [5.41, 5.74) is 0.895.